The molecular weight excluding hydrogens is 350 g/mol. The highest BCUT2D eigenvalue weighted by Gasteiger charge is 2.36. The summed E-state index contributed by atoms with van der Waals surface area (Å²) in [5, 5.41) is 12.8. The van der Waals surface area contributed by atoms with Crippen LogP contribution in [0.25, 0.3) is 10.8 Å². The molecule has 2 N–H and O–H groups in total. The number of hydrogen-bond donors (Lipinski definition) is 2. The molecule has 3 aromatic carbocycles. The monoisotopic (exact) mass is 369 g/mol. The first-order valence-electron chi connectivity index (χ1n) is 8.41. The fourth-order valence-corrected chi connectivity index (χ4v) is 4.38. The number of rotatable bonds is 4. The lowest BCUT2D eigenvalue weighted by Gasteiger charge is -2.34. The van der Waals surface area contributed by atoms with Crippen molar-refractivity contribution in [2.75, 3.05) is 13.2 Å². The van der Waals surface area contributed by atoms with Gasteiger partial charge in [-0.3, -0.25) is 0 Å². The SMILES string of the molecule is O=S(=O)(NCC1(O)CCOc2ccccc21)c1ccc2ccccc2c1. The quantitative estimate of drug-likeness (QED) is 0.742. The predicted molar refractivity (Wildman–Crippen MR) is 99.6 cm³/mol. The van der Waals surface area contributed by atoms with Crippen molar-refractivity contribution in [1.82, 2.24) is 4.72 Å². The smallest absolute Gasteiger partial charge is 0.240 e. The second kappa shape index (κ2) is 6.39. The molecule has 3 aromatic rings. The van der Waals surface area contributed by atoms with Gasteiger partial charge in [0.1, 0.15) is 11.4 Å². The van der Waals surface area contributed by atoms with Crippen molar-refractivity contribution in [1.29, 1.82) is 0 Å². The van der Waals surface area contributed by atoms with Gasteiger partial charge < -0.3 is 9.84 Å². The Labute approximate surface area is 152 Å². The number of aliphatic hydroxyl groups is 1. The minimum atomic E-state index is -3.74. The number of benzene rings is 3. The average molecular weight is 369 g/mol. The van der Waals surface area contributed by atoms with Gasteiger partial charge in [-0.25, -0.2) is 13.1 Å². The molecule has 0 aliphatic carbocycles. The van der Waals surface area contributed by atoms with Crippen molar-refractivity contribution in [2.24, 2.45) is 0 Å². The van der Waals surface area contributed by atoms with Crippen molar-refractivity contribution in [3.05, 3.63) is 72.3 Å². The van der Waals surface area contributed by atoms with Crippen LogP contribution in [0.15, 0.2) is 71.6 Å². The fourth-order valence-electron chi connectivity index (χ4n) is 3.26. The van der Waals surface area contributed by atoms with Crippen LogP contribution in [0.4, 0.5) is 0 Å². The van der Waals surface area contributed by atoms with Crippen molar-refractivity contribution >= 4 is 20.8 Å². The molecule has 0 saturated heterocycles. The van der Waals surface area contributed by atoms with Crippen molar-refractivity contribution in [3.63, 3.8) is 0 Å². The third-order valence-corrected chi connectivity index (χ3v) is 6.15. The third-order valence-electron chi connectivity index (χ3n) is 4.75. The van der Waals surface area contributed by atoms with Crippen molar-refractivity contribution in [2.45, 2.75) is 16.9 Å². The van der Waals surface area contributed by atoms with E-state index in [1.165, 1.54) is 0 Å². The number of ether oxygens (including phenoxy) is 1. The number of fused-ring (bicyclic) bond motifs is 2. The Bertz CT molecular complexity index is 1060. The van der Waals surface area contributed by atoms with Gasteiger partial charge in [-0.05, 0) is 29.0 Å². The third kappa shape index (κ3) is 3.07. The molecule has 0 radical (unpaired) electrons. The Morgan fingerprint density at radius 2 is 1.73 bits per heavy atom. The van der Waals surface area contributed by atoms with Gasteiger partial charge in [0, 0.05) is 18.5 Å². The molecule has 0 saturated carbocycles. The first kappa shape index (κ1) is 17.0. The first-order chi connectivity index (χ1) is 12.5. The van der Waals surface area contributed by atoms with Crippen LogP contribution in [0.5, 0.6) is 5.75 Å². The second-order valence-electron chi connectivity index (χ2n) is 6.46. The van der Waals surface area contributed by atoms with E-state index in [0.717, 1.165) is 10.8 Å². The fraction of sp³-hybridized carbons (Fsp3) is 0.200. The van der Waals surface area contributed by atoms with E-state index in [1.54, 1.807) is 36.4 Å². The molecule has 0 fully saturated rings. The Hall–Kier alpha value is -2.41. The van der Waals surface area contributed by atoms with Crippen LogP contribution in [-0.2, 0) is 15.6 Å². The van der Waals surface area contributed by atoms with Gasteiger partial charge in [0.05, 0.1) is 11.5 Å². The average Bonchev–Trinajstić information content (AvgIpc) is 2.67. The maximum absolute atomic E-state index is 12.7. The van der Waals surface area contributed by atoms with Gasteiger partial charge in [-0.2, -0.15) is 0 Å². The van der Waals surface area contributed by atoms with Crippen molar-refractivity contribution < 1.29 is 18.3 Å². The van der Waals surface area contributed by atoms with Gasteiger partial charge >= 0.3 is 0 Å². The summed E-state index contributed by atoms with van der Waals surface area (Å²) in [7, 11) is -3.74. The number of hydrogen-bond acceptors (Lipinski definition) is 4. The van der Waals surface area contributed by atoms with Crippen LogP contribution in [0, 0.1) is 0 Å². The van der Waals surface area contributed by atoms with E-state index in [4.69, 9.17) is 4.74 Å². The lowest BCUT2D eigenvalue weighted by atomic mass is 9.88. The molecule has 1 aliphatic rings. The van der Waals surface area contributed by atoms with E-state index in [1.807, 2.05) is 30.3 Å². The standard InChI is InChI=1S/C20H19NO4S/c22-20(11-12-25-19-8-4-3-7-18(19)20)14-21-26(23,24)17-10-9-15-5-1-2-6-16(15)13-17/h1-10,13,21-22H,11-12,14H2. The minimum absolute atomic E-state index is 0.109. The van der Waals surface area contributed by atoms with Gasteiger partial charge in [0.2, 0.25) is 10.0 Å². The number of nitrogens with one attached hydrogen (secondary N) is 1. The molecule has 1 heterocycles. The van der Waals surface area contributed by atoms with Crippen LogP contribution >= 0.6 is 0 Å². The molecule has 4 rings (SSSR count). The molecule has 0 bridgehead atoms. The molecule has 5 nitrogen and oxygen atoms in total. The van der Waals surface area contributed by atoms with Crippen LogP contribution in [-0.4, -0.2) is 26.7 Å². The van der Waals surface area contributed by atoms with Gasteiger partial charge in [0.15, 0.2) is 0 Å². The molecule has 0 amide bonds. The van der Waals surface area contributed by atoms with Crippen LogP contribution in [0.3, 0.4) is 0 Å². The normalized spacial score (nSPS) is 19.7. The number of sulfonamides is 1. The summed E-state index contributed by atoms with van der Waals surface area (Å²) >= 11 is 0. The summed E-state index contributed by atoms with van der Waals surface area (Å²) in [6.45, 7) is 0.230. The zero-order chi connectivity index (χ0) is 18.2. The summed E-state index contributed by atoms with van der Waals surface area (Å²) < 4.78 is 33.5. The summed E-state index contributed by atoms with van der Waals surface area (Å²) in [4.78, 5) is 0.181. The second-order valence-corrected chi connectivity index (χ2v) is 8.23. The summed E-state index contributed by atoms with van der Waals surface area (Å²) in [5.41, 5.74) is -0.689. The highest BCUT2D eigenvalue weighted by atomic mass is 32.2. The molecular formula is C20H19NO4S. The Morgan fingerprint density at radius 3 is 2.58 bits per heavy atom. The highest BCUT2D eigenvalue weighted by molar-refractivity contribution is 7.89. The van der Waals surface area contributed by atoms with E-state index in [0.29, 0.717) is 24.3 Å². The predicted octanol–water partition coefficient (Wildman–Crippen LogP) is 2.79. The molecule has 134 valence electrons. The Morgan fingerprint density at radius 1 is 1.00 bits per heavy atom. The van der Waals surface area contributed by atoms with E-state index in [2.05, 4.69) is 4.72 Å². The summed E-state index contributed by atoms with van der Waals surface area (Å²) in [6.07, 6.45) is 0.324. The zero-order valence-electron chi connectivity index (χ0n) is 14.1. The first-order valence-corrected chi connectivity index (χ1v) is 9.89. The summed E-state index contributed by atoms with van der Waals surface area (Å²) in [6, 6.07) is 19.7. The maximum Gasteiger partial charge on any atom is 0.240 e. The summed E-state index contributed by atoms with van der Waals surface area (Å²) in [5.74, 6) is 0.589. The topological polar surface area (TPSA) is 75.6 Å². The van der Waals surface area contributed by atoms with Gasteiger partial charge in [-0.15, -0.1) is 0 Å². The van der Waals surface area contributed by atoms with Crippen LogP contribution < -0.4 is 9.46 Å². The molecule has 0 spiro atoms. The Balaban J connectivity index is 1.60. The maximum atomic E-state index is 12.7. The van der Waals surface area contributed by atoms with E-state index < -0.39 is 15.6 Å². The molecule has 26 heavy (non-hydrogen) atoms. The lowest BCUT2D eigenvalue weighted by Crippen LogP contribution is -2.43. The minimum Gasteiger partial charge on any atom is -0.493 e. The van der Waals surface area contributed by atoms with E-state index >= 15 is 0 Å². The van der Waals surface area contributed by atoms with Crippen LogP contribution in [0.2, 0.25) is 0 Å². The number of para-hydroxylation sites is 1. The van der Waals surface area contributed by atoms with E-state index in [9.17, 15) is 13.5 Å². The van der Waals surface area contributed by atoms with E-state index in [-0.39, 0.29) is 11.4 Å². The Kier molecular flexibility index (Phi) is 4.19. The largest absolute Gasteiger partial charge is 0.493 e. The van der Waals surface area contributed by atoms with Gasteiger partial charge in [-0.1, -0.05) is 48.5 Å². The molecule has 1 atom stereocenters. The molecule has 0 aromatic heterocycles. The molecule has 1 unspecified atom stereocenters. The van der Waals surface area contributed by atoms with Crippen LogP contribution in [0.1, 0.15) is 12.0 Å². The molecule has 6 heteroatoms. The zero-order valence-corrected chi connectivity index (χ0v) is 14.9. The molecule has 1 aliphatic heterocycles. The highest BCUT2D eigenvalue weighted by Crippen LogP contribution is 2.36. The lowest BCUT2D eigenvalue weighted by molar-refractivity contribution is 0.00219. The van der Waals surface area contributed by atoms with Crippen molar-refractivity contribution in [3.8, 4) is 5.75 Å². The van der Waals surface area contributed by atoms with Gasteiger partial charge in [0.25, 0.3) is 0 Å².